The molecule has 0 saturated carbocycles. The Labute approximate surface area is 134 Å². The van der Waals surface area contributed by atoms with Crippen LogP contribution >= 0.6 is 0 Å². The van der Waals surface area contributed by atoms with Gasteiger partial charge >= 0.3 is 0 Å². The lowest BCUT2D eigenvalue weighted by Gasteiger charge is -2.21. The van der Waals surface area contributed by atoms with E-state index in [0.717, 1.165) is 5.76 Å². The van der Waals surface area contributed by atoms with Crippen LogP contribution in [0.25, 0.3) is 0 Å². The van der Waals surface area contributed by atoms with Gasteiger partial charge in [0.05, 0.1) is 13.2 Å². The molecule has 1 aliphatic rings. The molecule has 0 spiro atoms. The van der Waals surface area contributed by atoms with Crippen molar-refractivity contribution in [3.05, 3.63) is 41.3 Å². The first-order valence-electron chi connectivity index (χ1n) is 7.43. The number of carbonyl (C=O) groups is 1. The first-order valence-corrected chi connectivity index (χ1v) is 7.43. The maximum absolute atomic E-state index is 12.5. The van der Waals surface area contributed by atoms with Gasteiger partial charge in [0.1, 0.15) is 24.7 Å². The fourth-order valence-corrected chi connectivity index (χ4v) is 2.44. The normalized spacial score (nSPS) is 14.2. The summed E-state index contributed by atoms with van der Waals surface area (Å²) in [6.45, 7) is 4.64. The van der Waals surface area contributed by atoms with Crippen LogP contribution in [0, 0.1) is 6.92 Å². The van der Waals surface area contributed by atoms with Crippen LogP contribution < -0.4 is 19.5 Å². The molecule has 2 heterocycles. The largest absolute Gasteiger partial charge is 0.493 e. The molecule has 122 valence electrons. The molecule has 0 radical (unpaired) electrons. The maximum Gasteiger partial charge on any atom is 0.252 e. The van der Waals surface area contributed by atoms with Crippen molar-refractivity contribution in [2.24, 2.45) is 0 Å². The molecule has 6 heteroatoms. The predicted octanol–water partition coefficient (Wildman–Crippen LogP) is 2.86. The van der Waals surface area contributed by atoms with E-state index >= 15 is 0 Å². The van der Waals surface area contributed by atoms with Gasteiger partial charge in [0, 0.05) is 5.56 Å². The third-order valence-electron chi connectivity index (χ3n) is 3.63. The smallest absolute Gasteiger partial charge is 0.252 e. The Morgan fingerprint density at radius 2 is 2.04 bits per heavy atom. The molecule has 1 aromatic carbocycles. The third kappa shape index (κ3) is 3.11. The molecular formula is C17H19NO5. The molecule has 2 aromatic rings. The van der Waals surface area contributed by atoms with E-state index in [1.54, 1.807) is 12.1 Å². The minimum Gasteiger partial charge on any atom is -0.493 e. The van der Waals surface area contributed by atoms with Gasteiger partial charge in [-0.05, 0) is 38.1 Å². The molecule has 1 atom stereocenters. The lowest BCUT2D eigenvalue weighted by molar-refractivity contribution is 0.0933. The number of amides is 1. The van der Waals surface area contributed by atoms with Gasteiger partial charge in [0.2, 0.25) is 5.75 Å². The number of rotatable bonds is 4. The molecule has 0 aliphatic carbocycles. The van der Waals surface area contributed by atoms with Crippen LogP contribution in [0.1, 0.15) is 34.8 Å². The van der Waals surface area contributed by atoms with Gasteiger partial charge in [0.15, 0.2) is 11.5 Å². The van der Waals surface area contributed by atoms with Gasteiger partial charge in [-0.1, -0.05) is 0 Å². The summed E-state index contributed by atoms with van der Waals surface area (Å²) in [4.78, 5) is 12.5. The van der Waals surface area contributed by atoms with Gasteiger partial charge < -0.3 is 23.9 Å². The highest BCUT2D eigenvalue weighted by atomic mass is 16.6. The van der Waals surface area contributed by atoms with Crippen molar-refractivity contribution < 1.29 is 23.4 Å². The average Bonchev–Trinajstić information content (AvgIpc) is 3.00. The second kappa shape index (κ2) is 6.24. The average molecular weight is 317 g/mol. The number of ether oxygens (including phenoxy) is 3. The molecule has 0 saturated heterocycles. The molecule has 3 rings (SSSR count). The van der Waals surface area contributed by atoms with Crippen molar-refractivity contribution in [1.29, 1.82) is 0 Å². The first kappa shape index (κ1) is 15.3. The van der Waals surface area contributed by atoms with Crippen LogP contribution in [0.3, 0.4) is 0 Å². The quantitative estimate of drug-likeness (QED) is 0.939. The number of hydrogen-bond donors (Lipinski definition) is 1. The number of methoxy groups -OCH3 is 1. The van der Waals surface area contributed by atoms with E-state index in [4.69, 9.17) is 18.6 Å². The third-order valence-corrected chi connectivity index (χ3v) is 3.63. The number of fused-ring (bicyclic) bond motifs is 1. The monoisotopic (exact) mass is 317 g/mol. The summed E-state index contributed by atoms with van der Waals surface area (Å²) in [6.07, 6.45) is 0. The Kier molecular flexibility index (Phi) is 4.14. The van der Waals surface area contributed by atoms with Gasteiger partial charge in [0.25, 0.3) is 5.91 Å². The van der Waals surface area contributed by atoms with Crippen molar-refractivity contribution in [3.63, 3.8) is 0 Å². The minimum atomic E-state index is -0.240. The zero-order valence-electron chi connectivity index (χ0n) is 13.3. The number of hydrogen-bond acceptors (Lipinski definition) is 5. The number of furan rings is 1. The van der Waals surface area contributed by atoms with Crippen molar-refractivity contribution in [2.75, 3.05) is 20.3 Å². The standard InChI is InChI=1S/C17H19NO5/c1-10-4-5-13(23-10)11(2)18-17(19)12-8-14(20-3)16-15(9-12)21-6-7-22-16/h4-5,8-9,11H,6-7H2,1-3H3,(H,18,19)/t11-/m1/s1. The van der Waals surface area contributed by atoms with E-state index in [1.807, 2.05) is 26.0 Å². The van der Waals surface area contributed by atoms with Crippen molar-refractivity contribution in [1.82, 2.24) is 5.32 Å². The zero-order valence-corrected chi connectivity index (χ0v) is 13.3. The molecule has 0 fully saturated rings. The summed E-state index contributed by atoms with van der Waals surface area (Å²) in [6, 6.07) is 6.78. The predicted molar refractivity (Wildman–Crippen MR) is 83.3 cm³/mol. The Morgan fingerprint density at radius 1 is 1.26 bits per heavy atom. The summed E-state index contributed by atoms with van der Waals surface area (Å²) in [7, 11) is 1.53. The van der Waals surface area contributed by atoms with E-state index in [9.17, 15) is 4.79 Å². The Balaban J connectivity index is 1.82. The van der Waals surface area contributed by atoms with E-state index in [-0.39, 0.29) is 11.9 Å². The lowest BCUT2D eigenvalue weighted by atomic mass is 10.1. The van der Waals surface area contributed by atoms with Crippen molar-refractivity contribution in [2.45, 2.75) is 19.9 Å². The number of aryl methyl sites for hydroxylation is 1. The first-order chi connectivity index (χ1) is 11.1. The molecule has 6 nitrogen and oxygen atoms in total. The van der Waals surface area contributed by atoms with Crippen LogP contribution in [-0.2, 0) is 0 Å². The van der Waals surface area contributed by atoms with Crippen LogP contribution in [0.4, 0.5) is 0 Å². The lowest BCUT2D eigenvalue weighted by Crippen LogP contribution is -2.26. The number of nitrogens with one attached hydrogen (secondary N) is 1. The highest BCUT2D eigenvalue weighted by Gasteiger charge is 2.22. The molecule has 0 bridgehead atoms. The zero-order chi connectivity index (χ0) is 16.4. The van der Waals surface area contributed by atoms with Gasteiger partial charge in [-0.25, -0.2) is 0 Å². The van der Waals surface area contributed by atoms with Crippen molar-refractivity contribution in [3.8, 4) is 17.2 Å². The van der Waals surface area contributed by atoms with Gasteiger partial charge in [-0.3, -0.25) is 4.79 Å². The minimum absolute atomic E-state index is 0.234. The van der Waals surface area contributed by atoms with Crippen LogP contribution in [0.15, 0.2) is 28.7 Å². The number of carbonyl (C=O) groups excluding carboxylic acids is 1. The molecule has 1 aromatic heterocycles. The second-order valence-electron chi connectivity index (χ2n) is 5.35. The van der Waals surface area contributed by atoms with E-state index < -0.39 is 0 Å². The molecule has 1 amide bonds. The molecular weight excluding hydrogens is 298 g/mol. The fraction of sp³-hybridized carbons (Fsp3) is 0.353. The molecule has 23 heavy (non-hydrogen) atoms. The summed E-state index contributed by atoms with van der Waals surface area (Å²) in [5.41, 5.74) is 0.446. The summed E-state index contributed by atoms with van der Waals surface area (Å²) in [5, 5.41) is 2.90. The fourth-order valence-electron chi connectivity index (χ4n) is 2.44. The summed E-state index contributed by atoms with van der Waals surface area (Å²) in [5.74, 6) is 2.81. The Bertz CT molecular complexity index is 705. The Morgan fingerprint density at radius 3 is 2.74 bits per heavy atom. The highest BCUT2D eigenvalue weighted by molar-refractivity contribution is 5.95. The maximum atomic E-state index is 12.5. The van der Waals surface area contributed by atoms with E-state index in [0.29, 0.717) is 41.8 Å². The van der Waals surface area contributed by atoms with Gasteiger partial charge in [-0.15, -0.1) is 0 Å². The SMILES string of the molecule is COc1cc(C(=O)N[C@H](C)c2ccc(C)o2)cc2c1OCCO2. The second-order valence-corrected chi connectivity index (χ2v) is 5.35. The highest BCUT2D eigenvalue weighted by Crippen LogP contribution is 2.40. The summed E-state index contributed by atoms with van der Waals surface area (Å²) >= 11 is 0. The van der Waals surface area contributed by atoms with Crippen LogP contribution in [0.5, 0.6) is 17.2 Å². The van der Waals surface area contributed by atoms with Crippen molar-refractivity contribution >= 4 is 5.91 Å². The topological polar surface area (TPSA) is 69.9 Å². The van der Waals surface area contributed by atoms with Crippen LogP contribution in [0.2, 0.25) is 0 Å². The molecule has 1 aliphatic heterocycles. The van der Waals surface area contributed by atoms with Gasteiger partial charge in [-0.2, -0.15) is 0 Å². The molecule has 0 unspecified atom stereocenters. The van der Waals surface area contributed by atoms with Crippen LogP contribution in [-0.4, -0.2) is 26.2 Å². The number of benzene rings is 1. The molecule has 1 N–H and O–H groups in total. The van der Waals surface area contributed by atoms with E-state index in [1.165, 1.54) is 7.11 Å². The van der Waals surface area contributed by atoms with E-state index in [2.05, 4.69) is 5.32 Å². The summed E-state index contributed by atoms with van der Waals surface area (Å²) < 4.78 is 21.9. The Hall–Kier alpha value is -2.63.